The van der Waals surface area contributed by atoms with Gasteiger partial charge in [0.25, 0.3) is 0 Å². The second-order valence-electron chi connectivity index (χ2n) is 18.7. The van der Waals surface area contributed by atoms with Crippen LogP contribution in [0.2, 0.25) is 0 Å². The molecule has 0 atom stereocenters. The Hall–Kier alpha value is -9.18. The Morgan fingerprint density at radius 2 is 0.814 bits per heavy atom. The van der Waals surface area contributed by atoms with Gasteiger partial charge in [0.15, 0.2) is 0 Å². The van der Waals surface area contributed by atoms with E-state index in [1.165, 1.54) is 50.1 Å². The molecule has 326 valence electrons. The highest BCUT2D eigenvalue weighted by Crippen LogP contribution is 2.63. The third-order valence-electron chi connectivity index (χ3n) is 15.1. The summed E-state index contributed by atoms with van der Waals surface area (Å²) in [6.45, 7) is 0. The van der Waals surface area contributed by atoms with Gasteiger partial charge in [0.2, 0.25) is 0 Å². The molecule has 2 aromatic heterocycles. The molecular weight excluding hydrogens is 851 g/mol. The van der Waals surface area contributed by atoms with Gasteiger partial charge in [-0.1, -0.05) is 200 Å². The lowest BCUT2D eigenvalue weighted by molar-refractivity contribution is 0.664. The molecule has 70 heavy (non-hydrogen) atoms. The second kappa shape index (κ2) is 14.9. The molecule has 3 nitrogen and oxygen atoms in total. The molecule has 2 aliphatic carbocycles. The lowest BCUT2D eigenvalue weighted by Crippen LogP contribution is -2.26. The van der Waals surface area contributed by atoms with Gasteiger partial charge in [0.1, 0.15) is 22.3 Å². The number of rotatable bonds is 6. The van der Waals surface area contributed by atoms with Gasteiger partial charge in [-0.25, -0.2) is 0 Å². The van der Waals surface area contributed by atoms with Crippen molar-refractivity contribution in [2.75, 3.05) is 4.90 Å². The molecule has 11 aromatic carbocycles. The average molecular weight is 892 g/mol. The van der Waals surface area contributed by atoms with Crippen LogP contribution in [0.15, 0.2) is 258 Å². The van der Waals surface area contributed by atoms with Crippen LogP contribution in [-0.4, -0.2) is 0 Å². The number of anilines is 3. The van der Waals surface area contributed by atoms with Crippen LogP contribution < -0.4 is 4.90 Å². The van der Waals surface area contributed by atoms with Crippen molar-refractivity contribution in [2.24, 2.45) is 0 Å². The van der Waals surface area contributed by atoms with E-state index in [4.69, 9.17) is 8.83 Å². The third-order valence-corrected chi connectivity index (χ3v) is 15.1. The summed E-state index contributed by atoms with van der Waals surface area (Å²) in [7, 11) is 0. The maximum Gasteiger partial charge on any atom is 0.144 e. The molecule has 0 N–H and O–H groups in total. The van der Waals surface area contributed by atoms with E-state index in [0.29, 0.717) is 0 Å². The van der Waals surface area contributed by atoms with E-state index in [9.17, 15) is 0 Å². The molecule has 0 fully saturated rings. The van der Waals surface area contributed by atoms with Gasteiger partial charge in [-0.2, -0.15) is 0 Å². The molecule has 3 heteroatoms. The minimum absolute atomic E-state index is 0.488. The summed E-state index contributed by atoms with van der Waals surface area (Å²) in [5.41, 5.74) is 23.1. The summed E-state index contributed by atoms with van der Waals surface area (Å²) >= 11 is 0. The Morgan fingerprint density at radius 1 is 0.300 bits per heavy atom. The summed E-state index contributed by atoms with van der Waals surface area (Å²) in [5, 5.41) is 4.14. The molecule has 1 spiro atoms. The summed E-state index contributed by atoms with van der Waals surface area (Å²) in [6.07, 6.45) is 0. The van der Waals surface area contributed by atoms with Gasteiger partial charge >= 0.3 is 0 Å². The van der Waals surface area contributed by atoms with Crippen LogP contribution in [0.4, 0.5) is 17.1 Å². The highest BCUT2D eigenvalue weighted by Gasteiger charge is 2.51. The summed E-state index contributed by atoms with van der Waals surface area (Å²) in [6, 6.07) is 90.4. The van der Waals surface area contributed by atoms with E-state index in [0.717, 1.165) is 88.8 Å². The number of furan rings is 2. The Labute approximate surface area is 404 Å². The lowest BCUT2D eigenvalue weighted by Gasteiger charge is -2.32. The zero-order valence-corrected chi connectivity index (χ0v) is 37.9. The zero-order valence-electron chi connectivity index (χ0n) is 37.9. The molecule has 0 saturated carbocycles. The van der Waals surface area contributed by atoms with Gasteiger partial charge < -0.3 is 13.7 Å². The van der Waals surface area contributed by atoms with Gasteiger partial charge in [0.05, 0.1) is 11.1 Å². The van der Waals surface area contributed by atoms with E-state index in [-0.39, 0.29) is 0 Å². The highest BCUT2D eigenvalue weighted by molar-refractivity contribution is 6.24. The molecule has 0 bridgehead atoms. The monoisotopic (exact) mass is 891 g/mol. The van der Waals surface area contributed by atoms with Crippen LogP contribution in [0.1, 0.15) is 22.3 Å². The first-order valence-corrected chi connectivity index (χ1v) is 24.1. The fraction of sp³-hybridized carbons (Fsp3) is 0.0149. The van der Waals surface area contributed by atoms with Crippen LogP contribution in [0.3, 0.4) is 0 Å². The quantitative estimate of drug-likeness (QED) is 0.167. The van der Waals surface area contributed by atoms with E-state index >= 15 is 0 Å². The number of para-hydroxylation sites is 2. The van der Waals surface area contributed by atoms with Crippen molar-refractivity contribution >= 4 is 60.9 Å². The van der Waals surface area contributed by atoms with Gasteiger partial charge in [0, 0.05) is 44.0 Å². The van der Waals surface area contributed by atoms with Crippen LogP contribution >= 0.6 is 0 Å². The lowest BCUT2D eigenvalue weighted by atomic mass is 9.70. The van der Waals surface area contributed by atoms with Gasteiger partial charge in [-0.05, 0) is 115 Å². The van der Waals surface area contributed by atoms with Crippen molar-refractivity contribution < 1.29 is 8.83 Å². The van der Waals surface area contributed by atoms with Crippen molar-refractivity contribution in [2.45, 2.75) is 5.41 Å². The van der Waals surface area contributed by atoms with Crippen molar-refractivity contribution in [3.8, 4) is 55.6 Å². The Balaban J connectivity index is 0.984. The van der Waals surface area contributed by atoms with E-state index in [2.05, 4.69) is 248 Å². The number of fused-ring (bicyclic) bond motifs is 16. The largest absolute Gasteiger partial charge is 0.456 e. The molecular formula is C67H41NO2. The Kier molecular flexibility index (Phi) is 8.28. The van der Waals surface area contributed by atoms with Gasteiger partial charge in [-0.3, -0.25) is 0 Å². The first kappa shape index (κ1) is 38.9. The molecule has 0 radical (unpaired) electrons. The summed E-state index contributed by atoms with van der Waals surface area (Å²) in [5.74, 6) is 0. The number of nitrogens with zero attached hydrogens (tertiary/aromatic N) is 1. The van der Waals surface area contributed by atoms with Crippen molar-refractivity contribution in [1.29, 1.82) is 0 Å². The SMILES string of the molecule is c1ccc(-c2ccc(-c3c4oc5ccc(N(c6ccc7c(c6)C6(c8ccccc8-c8ccccc86)c6ccccc6-7)c6ccccc6-c6ccccc6)cc5c4cc4oc5ccccc5c34)cc2)cc1. The van der Waals surface area contributed by atoms with E-state index in [1.807, 2.05) is 6.07 Å². The summed E-state index contributed by atoms with van der Waals surface area (Å²) < 4.78 is 13.8. The van der Waals surface area contributed by atoms with Crippen LogP contribution in [-0.2, 0) is 5.41 Å². The van der Waals surface area contributed by atoms with E-state index < -0.39 is 5.41 Å². The summed E-state index contributed by atoms with van der Waals surface area (Å²) in [4.78, 5) is 2.45. The smallest absolute Gasteiger partial charge is 0.144 e. The first-order valence-electron chi connectivity index (χ1n) is 24.1. The zero-order chi connectivity index (χ0) is 45.9. The maximum absolute atomic E-state index is 7.08. The average Bonchev–Trinajstić information content (AvgIpc) is 4.16. The number of hydrogen-bond donors (Lipinski definition) is 0. The van der Waals surface area contributed by atoms with Crippen LogP contribution in [0.5, 0.6) is 0 Å². The molecule has 13 aromatic rings. The van der Waals surface area contributed by atoms with Crippen molar-refractivity contribution in [3.05, 3.63) is 271 Å². The Bertz CT molecular complexity index is 4170. The third kappa shape index (κ3) is 5.46. The van der Waals surface area contributed by atoms with Crippen molar-refractivity contribution in [1.82, 2.24) is 0 Å². The van der Waals surface area contributed by atoms with Crippen molar-refractivity contribution in [3.63, 3.8) is 0 Å². The van der Waals surface area contributed by atoms with Gasteiger partial charge in [-0.15, -0.1) is 0 Å². The molecule has 0 amide bonds. The molecule has 0 aliphatic heterocycles. The number of benzene rings is 11. The topological polar surface area (TPSA) is 29.5 Å². The minimum atomic E-state index is -0.488. The van der Waals surface area contributed by atoms with Crippen LogP contribution in [0, 0.1) is 0 Å². The fourth-order valence-electron chi connectivity index (χ4n) is 12.2. The highest BCUT2D eigenvalue weighted by atomic mass is 16.3. The molecule has 0 unspecified atom stereocenters. The number of hydrogen-bond acceptors (Lipinski definition) is 3. The molecule has 0 saturated heterocycles. The standard InChI is InChI=1S/C67H41NO2/c1-3-17-42(18-4-1)43-31-33-45(34-32-43)64-65-53-25-11-16-30-61(53)69-63(65)41-55-54-39-46(36-38-62(54)70-66(55)64)68(60-29-15-10-21-48(60)44-19-5-2-6-20-44)47-35-37-52-51-24-9-14-28-58(51)67(59(52)40-47)56-26-12-7-22-49(56)50-23-8-13-27-57(50)67/h1-41H. The maximum atomic E-state index is 7.08. The molecule has 15 rings (SSSR count). The van der Waals surface area contributed by atoms with Crippen LogP contribution in [0.25, 0.3) is 99.5 Å². The Morgan fingerprint density at radius 3 is 1.51 bits per heavy atom. The molecule has 2 heterocycles. The second-order valence-corrected chi connectivity index (χ2v) is 18.7. The minimum Gasteiger partial charge on any atom is -0.456 e. The normalized spacial score (nSPS) is 13.0. The predicted octanol–water partition coefficient (Wildman–Crippen LogP) is 18.3. The first-order chi connectivity index (χ1) is 34.7. The predicted molar refractivity (Wildman–Crippen MR) is 288 cm³/mol. The van der Waals surface area contributed by atoms with E-state index in [1.54, 1.807) is 0 Å². The fourth-order valence-corrected chi connectivity index (χ4v) is 12.2. The molecule has 2 aliphatic rings.